The third-order valence-corrected chi connectivity index (χ3v) is 6.25. The summed E-state index contributed by atoms with van der Waals surface area (Å²) in [6, 6.07) is 24.7. The summed E-state index contributed by atoms with van der Waals surface area (Å²) < 4.78 is 34.3. The third-order valence-electron chi connectivity index (χ3n) is 4.92. The van der Waals surface area contributed by atoms with Gasteiger partial charge in [-0.2, -0.15) is 4.98 Å². The van der Waals surface area contributed by atoms with Crippen LogP contribution in [0, 0.1) is 0 Å². The highest BCUT2D eigenvalue weighted by Crippen LogP contribution is 2.32. The molecule has 3 N–H and O–H groups in total. The van der Waals surface area contributed by atoms with E-state index in [0.29, 0.717) is 17.1 Å². The number of hydrogen-bond acceptors (Lipinski definition) is 6. The van der Waals surface area contributed by atoms with Crippen molar-refractivity contribution >= 4 is 21.7 Å². The van der Waals surface area contributed by atoms with Crippen molar-refractivity contribution in [3.05, 3.63) is 90.5 Å². The average molecular weight is 461 g/mol. The minimum absolute atomic E-state index is 0.0182. The minimum atomic E-state index is -3.96. The van der Waals surface area contributed by atoms with Gasteiger partial charge in [-0.05, 0) is 41.8 Å². The van der Waals surface area contributed by atoms with Crippen molar-refractivity contribution in [1.82, 2.24) is 9.97 Å². The van der Waals surface area contributed by atoms with Crippen LogP contribution in [0.2, 0.25) is 0 Å². The number of benzene rings is 3. The average Bonchev–Trinajstić information content (AvgIpc) is 2.79. The molecule has 0 saturated heterocycles. The molecule has 0 fully saturated rings. The molecule has 0 radical (unpaired) electrons. The van der Waals surface area contributed by atoms with E-state index in [2.05, 4.69) is 28.5 Å². The summed E-state index contributed by atoms with van der Waals surface area (Å²) >= 11 is 0. The molecule has 0 bridgehead atoms. The molecule has 0 aliphatic heterocycles. The Hall–Kier alpha value is -3.91. The molecule has 0 spiro atoms. The van der Waals surface area contributed by atoms with Gasteiger partial charge in [-0.3, -0.25) is 0 Å². The van der Waals surface area contributed by atoms with E-state index in [0.717, 1.165) is 11.1 Å². The first-order valence-corrected chi connectivity index (χ1v) is 11.9. The number of aromatic nitrogens is 2. The van der Waals surface area contributed by atoms with Gasteiger partial charge in [0, 0.05) is 17.3 Å². The van der Waals surface area contributed by atoms with Gasteiger partial charge in [0.2, 0.25) is 11.8 Å². The van der Waals surface area contributed by atoms with Gasteiger partial charge in [0.15, 0.2) is 0 Å². The van der Waals surface area contributed by atoms with Crippen molar-refractivity contribution in [2.24, 2.45) is 0 Å². The molecular weight excluding hydrogens is 436 g/mol. The van der Waals surface area contributed by atoms with Gasteiger partial charge in [-0.15, -0.1) is 0 Å². The van der Waals surface area contributed by atoms with Crippen LogP contribution in [0.25, 0.3) is 11.3 Å². The molecule has 4 aromatic rings. The smallest absolute Gasteiger partial charge is 0.264 e. The van der Waals surface area contributed by atoms with Gasteiger partial charge in [0.25, 0.3) is 10.0 Å². The van der Waals surface area contributed by atoms with Crippen molar-refractivity contribution < 1.29 is 13.2 Å². The number of sulfonamides is 1. The maximum absolute atomic E-state index is 13.0. The molecule has 0 saturated carbocycles. The predicted molar refractivity (Wildman–Crippen MR) is 130 cm³/mol. The molecule has 0 atom stereocenters. The Bertz CT molecular complexity index is 1370. The molecule has 7 nitrogen and oxygen atoms in total. The normalized spacial score (nSPS) is 11.4. The Kier molecular flexibility index (Phi) is 6.28. The lowest BCUT2D eigenvalue weighted by molar-refractivity contribution is 0.463. The number of anilines is 2. The summed E-state index contributed by atoms with van der Waals surface area (Å²) in [5, 5.41) is 0. The topological polar surface area (TPSA) is 107 Å². The molecule has 33 heavy (non-hydrogen) atoms. The maximum atomic E-state index is 13.0. The number of nitrogens with two attached hydrogens (primary N) is 1. The number of nitrogen functional groups attached to an aromatic ring is 1. The quantitative estimate of drug-likeness (QED) is 0.356. The van der Waals surface area contributed by atoms with E-state index < -0.39 is 10.0 Å². The van der Waals surface area contributed by atoms with Gasteiger partial charge in [-0.25, -0.2) is 18.1 Å². The fourth-order valence-corrected chi connectivity index (χ4v) is 4.36. The Labute approximate surface area is 193 Å². The summed E-state index contributed by atoms with van der Waals surface area (Å²) in [6.07, 6.45) is 0. The van der Waals surface area contributed by atoms with Gasteiger partial charge in [-0.1, -0.05) is 62.4 Å². The van der Waals surface area contributed by atoms with Crippen LogP contribution in [0.5, 0.6) is 11.6 Å². The maximum Gasteiger partial charge on any atom is 0.264 e. The van der Waals surface area contributed by atoms with Crippen LogP contribution < -0.4 is 15.2 Å². The Morgan fingerprint density at radius 2 is 1.61 bits per heavy atom. The highest BCUT2D eigenvalue weighted by atomic mass is 32.2. The van der Waals surface area contributed by atoms with E-state index in [1.807, 2.05) is 42.5 Å². The first kappa shape index (κ1) is 22.3. The van der Waals surface area contributed by atoms with Crippen LogP contribution >= 0.6 is 0 Å². The standard InChI is InChI=1S/C25H24N4O3S/c1-17(2)21-13-6-7-14-22(21)23-16-24(32-19-10-4-3-5-11-19)28-25(27-23)29-33(30,31)20-12-8-9-18(26)15-20/h3-17H,26H2,1-2H3,(H,27,28,29). The van der Waals surface area contributed by atoms with Crippen LogP contribution in [-0.2, 0) is 10.0 Å². The van der Waals surface area contributed by atoms with Crippen molar-refractivity contribution in [3.63, 3.8) is 0 Å². The van der Waals surface area contributed by atoms with Crippen LogP contribution in [0.15, 0.2) is 89.8 Å². The second kappa shape index (κ2) is 9.30. The number of hydrogen-bond donors (Lipinski definition) is 2. The first-order chi connectivity index (χ1) is 15.8. The Morgan fingerprint density at radius 1 is 0.879 bits per heavy atom. The second-order valence-corrected chi connectivity index (χ2v) is 9.43. The molecule has 4 rings (SSSR count). The number of nitrogens with one attached hydrogen (secondary N) is 1. The largest absolute Gasteiger partial charge is 0.439 e. The summed E-state index contributed by atoms with van der Waals surface area (Å²) in [6.45, 7) is 4.18. The molecule has 3 aromatic carbocycles. The fraction of sp³-hybridized carbons (Fsp3) is 0.120. The Morgan fingerprint density at radius 3 is 2.33 bits per heavy atom. The van der Waals surface area contributed by atoms with Crippen molar-refractivity contribution in [1.29, 1.82) is 0 Å². The van der Waals surface area contributed by atoms with Crippen molar-refractivity contribution in [3.8, 4) is 22.9 Å². The molecule has 168 valence electrons. The highest BCUT2D eigenvalue weighted by molar-refractivity contribution is 7.92. The van der Waals surface area contributed by atoms with E-state index in [1.54, 1.807) is 30.3 Å². The summed E-state index contributed by atoms with van der Waals surface area (Å²) in [4.78, 5) is 8.83. The zero-order valence-electron chi connectivity index (χ0n) is 18.3. The highest BCUT2D eigenvalue weighted by Gasteiger charge is 2.19. The molecule has 0 amide bonds. The summed E-state index contributed by atoms with van der Waals surface area (Å²) in [5.74, 6) is 0.931. The third kappa shape index (κ3) is 5.30. The molecule has 0 aliphatic rings. The lowest BCUT2D eigenvalue weighted by atomic mass is 9.95. The lowest BCUT2D eigenvalue weighted by Crippen LogP contribution is -2.16. The number of rotatable bonds is 7. The van der Waals surface area contributed by atoms with Crippen molar-refractivity contribution in [2.75, 3.05) is 10.5 Å². The lowest BCUT2D eigenvalue weighted by Gasteiger charge is -2.15. The Balaban J connectivity index is 1.80. The van der Waals surface area contributed by atoms with Gasteiger partial charge < -0.3 is 10.5 Å². The number of nitrogens with zero attached hydrogens (tertiary/aromatic N) is 2. The van der Waals surface area contributed by atoms with Crippen LogP contribution in [0.4, 0.5) is 11.6 Å². The van der Waals surface area contributed by atoms with Gasteiger partial charge >= 0.3 is 0 Å². The number of ether oxygens (including phenoxy) is 1. The van der Waals surface area contributed by atoms with E-state index in [4.69, 9.17) is 10.5 Å². The number of para-hydroxylation sites is 1. The zero-order valence-corrected chi connectivity index (χ0v) is 19.1. The molecular formula is C25H24N4O3S. The van der Waals surface area contributed by atoms with E-state index in [-0.39, 0.29) is 22.6 Å². The monoisotopic (exact) mass is 460 g/mol. The van der Waals surface area contributed by atoms with Crippen LogP contribution in [0.1, 0.15) is 25.3 Å². The molecule has 1 heterocycles. The van der Waals surface area contributed by atoms with Crippen LogP contribution in [-0.4, -0.2) is 18.4 Å². The van der Waals surface area contributed by atoms with E-state index in [9.17, 15) is 8.42 Å². The fourth-order valence-electron chi connectivity index (χ4n) is 3.36. The molecule has 0 aliphatic carbocycles. The van der Waals surface area contributed by atoms with Crippen molar-refractivity contribution in [2.45, 2.75) is 24.7 Å². The van der Waals surface area contributed by atoms with Gasteiger partial charge in [0.05, 0.1) is 10.6 Å². The first-order valence-electron chi connectivity index (χ1n) is 10.4. The van der Waals surface area contributed by atoms with Gasteiger partial charge in [0.1, 0.15) is 5.75 Å². The summed E-state index contributed by atoms with van der Waals surface area (Å²) in [5.41, 5.74) is 8.59. The van der Waals surface area contributed by atoms with Crippen LogP contribution in [0.3, 0.4) is 0 Å². The second-order valence-electron chi connectivity index (χ2n) is 7.75. The minimum Gasteiger partial charge on any atom is -0.439 e. The van der Waals surface area contributed by atoms with E-state index in [1.165, 1.54) is 12.1 Å². The summed E-state index contributed by atoms with van der Waals surface area (Å²) in [7, 11) is -3.96. The zero-order chi connectivity index (χ0) is 23.4. The SMILES string of the molecule is CC(C)c1ccccc1-c1cc(Oc2ccccc2)nc(NS(=O)(=O)c2cccc(N)c2)n1. The molecule has 1 aromatic heterocycles. The van der Waals surface area contributed by atoms with E-state index >= 15 is 0 Å². The predicted octanol–water partition coefficient (Wildman–Crippen LogP) is 5.44. The molecule has 8 heteroatoms. The molecule has 0 unspecified atom stereocenters.